The summed E-state index contributed by atoms with van der Waals surface area (Å²) in [5.74, 6) is 2.10. The van der Waals surface area contributed by atoms with Crippen LogP contribution < -0.4 is 5.32 Å². The molecule has 2 heterocycles. The maximum atomic E-state index is 5.57. The van der Waals surface area contributed by atoms with Crippen molar-refractivity contribution >= 4 is 0 Å². The van der Waals surface area contributed by atoms with Crippen molar-refractivity contribution < 1.29 is 4.42 Å². The number of furan rings is 1. The number of likely N-dealkylation sites (tertiary alicyclic amines) is 1. The first-order valence-electron chi connectivity index (χ1n) is 6.87. The van der Waals surface area contributed by atoms with Gasteiger partial charge in [-0.1, -0.05) is 6.92 Å². The Morgan fingerprint density at radius 2 is 2.41 bits per heavy atom. The third-order valence-corrected chi connectivity index (χ3v) is 4.27. The molecular formula is C14H22N2O. The summed E-state index contributed by atoms with van der Waals surface area (Å²) in [6.45, 7) is 6.37. The molecule has 3 heteroatoms. The Kier molecular flexibility index (Phi) is 3.21. The molecule has 2 fully saturated rings. The van der Waals surface area contributed by atoms with Crippen molar-refractivity contribution in [3.05, 3.63) is 23.7 Å². The summed E-state index contributed by atoms with van der Waals surface area (Å²) in [7, 11) is 0. The van der Waals surface area contributed by atoms with Crippen LogP contribution in [0.1, 0.15) is 37.5 Å². The molecule has 2 atom stereocenters. The van der Waals surface area contributed by atoms with Gasteiger partial charge in [-0.15, -0.1) is 0 Å². The van der Waals surface area contributed by atoms with E-state index in [-0.39, 0.29) is 0 Å². The average molecular weight is 234 g/mol. The zero-order valence-electron chi connectivity index (χ0n) is 10.6. The van der Waals surface area contributed by atoms with E-state index in [1.54, 1.807) is 0 Å². The van der Waals surface area contributed by atoms with E-state index in [9.17, 15) is 0 Å². The van der Waals surface area contributed by atoms with E-state index in [1.165, 1.54) is 31.4 Å². The van der Waals surface area contributed by atoms with Crippen LogP contribution >= 0.6 is 0 Å². The largest absolute Gasteiger partial charge is 0.468 e. The minimum Gasteiger partial charge on any atom is -0.468 e. The molecule has 1 aliphatic heterocycles. The average Bonchev–Trinajstić information content (AvgIpc) is 3.02. The summed E-state index contributed by atoms with van der Waals surface area (Å²) in [4.78, 5) is 2.65. The molecule has 1 N–H and O–H groups in total. The Morgan fingerprint density at radius 1 is 1.47 bits per heavy atom. The molecule has 2 bridgehead atoms. The van der Waals surface area contributed by atoms with Gasteiger partial charge in [0.2, 0.25) is 0 Å². The van der Waals surface area contributed by atoms with E-state index in [4.69, 9.17) is 4.42 Å². The van der Waals surface area contributed by atoms with Gasteiger partial charge in [0, 0.05) is 24.7 Å². The molecule has 2 unspecified atom stereocenters. The molecule has 1 aromatic heterocycles. The monoisotopic (exact) mass is 234 g/mol. The summed E-state index contributed by atoms with van der Waals surface area (Å²) in [5, 5.41) is 3.34. The Balaban J connectivity index is 1.63. The molecule has 17 heavy (non-hydrogen) atoms. The quantitative estimate of drug-likeness (QED) is 0.848. The number of nitrogens with zero attached hydrogens (tertiary/aromatic N) is 1. The lowest BCUT2D eigenvalue weighted by Gasteiger charge is -2.26. The van der Waals surface area contributed by atoms with Gasteiger partial charge in [0.1, 0.15) is 5.76 Å². The second-order valence-electron chi connectivity index (χ2n) is 5.41. The van der Waals surface area contributed by atoms with Crippen molar-refractivity contribution in [2.75, 3.05) is 13.1 Å². The molecule has 0 radical (unpaired) electrons. The fraction of sp³-hybridized carbons (Fsp3) is 0.714. The lowest BCUT2D eigenvalue weighted by Crippen LogP contribution is -2.31. The fourth-order valence-corrected chi connectivity index (χ4v) is 3.34. The molecule has 94 valence electrons. The fourth-order valence-electron chi connectivity index (χ4n) is 3.34. The molecule has 2 aliphatic rings. The first kappa shape index (κ1) is 11.3. The van der Waals surface area contributed by atoms with Gasteiger partial charge in [-0.2, -0.15) is 0 Å². The molecule has 3 nitrogen and oxygen atoms in total. The SMILES string of the molecule is CCNCc1occc1CN1CC2CCC1C2. The highest BCUT2D eigenvalue weighted by Gasteiger charge is 2.37. The number of fused-ring (bicyclic) bond motifs is 2. The van der Waals surface area contributed by atoms with Gasteiger partial charge in [0.15, 0.2) is 0 Å². The first-order valence-corrected chi connectivity index (χ1v) is 6.87. The predicted octanol–water partition coefficient (Wildman–Crippen LogP) is 2.37. The normalized spacial score (nSPS) is 28.1. The van der Waals surface area contributed by atoms with Crippen molar-refractivity contribution in [2.45, 2.75) is 45.3 Å². The Labute approximate surface area is 103 Å². The third-order valence-electron chi connectivity index (χ3n) is 4.27. The summed E-state index contributed by atoms with van der Waals surface area (Å²) in [5.41, 5.74) is 1.37. The zero-order valence-corrected chi connectivity index (χ0v) is 10.6. The molecule has 3 rings (SSSR count). The van der Waals surface area contributed by atoms with Crippen molar-refractivity contribution in [2.24, 2.45) is 5.92 Å². The lowest BCUT2D eigenvalue weighted by molar-refractivity contribution is 0.204. The van der Waals surface area contributed by atoms with Crippen LogP contribution in [0.15, 0.2) is 16.7 Å². The van der Waals surface area contributed by atoms with Gasteiger partial charge in [-0.05, 0) is 37.8 Å². The van der Waals surface area contributed by atoms with Crippen molar-refractivity contribution in [1.29, 1.82) is 0 Å². The van der Waals surface area contributed by atoms with Crippen LogP contribution in [-0.2, 0) is 13.1 Å². The Hall–Kier alpha value is -0.800. The molecule has 1 aliphatic carbocycles. The van der Waals surface area contributed by atoms with Crippen molar-refractivity contribution in [1.82, 2.24) is 10.2 Å². The second kappa shape index (κ2) is 4.83. The van der Waals surface area contributed by atoms with E-state index in [0.29, 0.717) is 0 Å². The minimum atomic E-state index is 0.849. The molecule has 0 amide bonds. The molecule has 0 aromatic carbocycles. The predicted molar refractivity (Wildman–Crippen MR) is 67.6 cm³/mol. The highest BCUT2D eigenvalue weighted by atomic mass is 16.3. The standard InChI is InChI=1S/C14H22N2O/c1-2-15-8-14-12(5-6-17-14)10-16-9-11-3-4-13(16)7-11/h5-6,11,13,15H,2-4,7-10H2,1H3. The molecule has 1 saturated heterocycles. The van der Waals surface area contributed by atoms with Gasteiger partial charge < -0.3 is 9.73 Å². The zero-order chi connectivity index (χ0) is 11.7. The van der Waals surface area contributed by atoms with Crippen molar-refractivity contribution in [3.8, 4) is 0 Å². The maximum Gasteiger partial charge on any atom is 0.122 e. The van der Waals surface area contributed by atoms with Crippen LogP contribution in [0.5, 0.6) is 0 Å². The van der Waals surface area contributed by atoms with Crippen molar-refractivity contribution in [3.63, 3.8) is 0 Å². The number of rotatable bonds is 5. The number of hydrogen-bond donors (Lipinski definition) is 1. The highest BCUT2D eigenvalue weighted by molar-refractivity contribution is 5.17. The van der Waals surface area contributed by atoms with Crippen LogP contribution in [0, 0.1) is 5.92 Å². The summed E-state index contributed by atoms with van der Waals surface area (Å²) < 4.78 is 5.57. The Morgan fingerprint density at radius 3 is 3.12 bits per heavy atom. The number of nitrogens with one attached hydrogen (secondary N) is 1. The summed E-state index contributed by atoms with van der Waals surface area (Å²) in [6, 6.07) is 2.99. The number of hydrogen-bond acceptors (Lipinski definition) is 3. The highest BCUT2D eigenvalue weighted by Crippen LogP contribution is 2.38. The van der Waals surface area contributed by atoms with Gasteiger partial charge in [-0.25, -0.2) is 0 Å². The topological polar surface area (TPSA) is 28.4 Å². The molecule has 0 spiro atoms. The second-order valence-corrected chi connectivity index (χ2v) is 5.41. The molecule has 1 aromatic rings. The lowest BCUT2D eigenvalue weighted by atomic mass is 10.1. The van der Waals surface area contributed by atoms with Gasteiger partial charge in [0.05, 0.1) is 12.8 Å². The van der Waals surface area contributed by atoms with Crippen LogP contribution in [0.25, 0.3) is 0 Å². The van der Waals surface area contributed by atoms with Crippen LogP contribution in [-0.4, -0.2) is 24.0 Å². The van der Waals surface area contributed by atoms with Gasteiger partial charge >= 0.3 is 0 Å². The smallest absolute Gasteiger partial charge is 0.122 e. The van der Waals surface area contributed by atoms with E-state index in [0.717, 1.165) is 37.4 Å². The van der Waals surface area contributed by atoms with Crippen LogP contribution in [0.2, 0.25) is 0 Å². The van der Waals surface area contributed by atoms with E-state index in [2.05, 4.69) is 23.2 Å². The van der Waals surface area contributed by atoms with Crippen LogP contribution in [0.3, 0.4) is 0 Å². The van der Waals surface area contributed by atoms with Crippen LogP contribution in [0.4, 0.5) is 0 Å². The maximum absolute atomic E-state index is 5.57. The summed E-state index contributed by atoms with van der Waals surface area (Å²) in [6.07, 6.45) is 6.12. The third kappa shape index (κ3) is 2.26. The number of piperidine rings is 1. The van der Waals surface area contributed by atoms with Gasteiger partial charge in [-0.3, -0.25) is 4.90 Å². The first-order chi connectivity index (χ1) is 8.36. The van der Waals surface area contributed by atoms with Gasteiger partial charge in [0.25, 0.3) is 0 Å². The summed E-state index contributed by atoms with van der Waals surface area (Å²) >= 11 is 0. The van der Waals surface area contributed by atoms with E-state index < -0.39 is 0 Å². The Bertz CT molecular complexity index is 374. The van der Waals surface area contributed by atoms with E-state index in [1.807, 2.05) is 6.26 Å². The molecule has 1 saturated carbocycles. The van der Waals surface area contributed by atoms with E-state index >= 15 is 0 Å². The molecular weight excluding hydrogens is 212 g/mol. The minimum absolute atomic E-state index is 0.849.